The van der Waals surface area contributed by atoms with Gasteiger partial charge in [0.2, 0.25) is 0 Å². The van der Waals surface area contributed by atoms with Crippen LogP contribution in [0.2, 0.25) is 0 Å². The second kappa shape index (κ2) is 3.12. The minimum atomic E-state index is -0.939. The number of hydrogen-bond acceptors (Lipinski definition) is 2. The third kappa shape index (κ3) is 1.55. The molecule has 1 heterocycles. The Balaban J connectivity index is 2.43. The average Bonchev–Trinajstić information content (AvgIpc) is 1.88. The Kier molecular flexibility index (Phi) is 2.40. The van der Waals surface area contributed by atoms with Crippen LogP contribution >= 0.6 is 0 Å². The van der Waals surface area contributed by atoms with E-state index in [9.17, 15) is 4.39 Å². The molecule has 58 valence electrons. The van der Waals surface area contributed by atoms with Crippen molar-refractivity contribution in [2.45, 2.75) is 18.8 Å². The van der Waals surface area contributed by atoms with Crippen LogP contribution in [0, 0.1) is 0 Å². The summed E-state index contributed by atoms with van der Waals surface area (Å²) in [4.78, 5) is 0. The summed E-state index contributed by atoms with van der Waals surface area (Å²) < 4.78 is 17.7. The van der Waals surface area contributed by atoms with Crippen molar-refractivity contribution >= 4 is 0 Å². The maximum absolute atomic E-state index is 12.9. The molecule has 1 fully saturated rings. The number of hydrogen-bond donors (Lipinski definition) is 1. The Morgan fingerprint density at radius 1 is 1.80 bits per heavy atom. The molecule has 2 nitrogen and oxygen atoms in total. The number of methoxy groups -OCH3 is 1. The molecule has 2 atom stereocenters. The standard InChI is InChI=1S/C7H12FNO/c1-5-3-6(8)7(10-2)9-4-5/h6-7,9H,1,3-4H2,2H3. The molecule has 0 radical (unpaired) electrons. The Hall–Kier alpha value is -0.410. The summed E-state index contributed by atoms with van der Waals surface area (Å²) in [6.45, 7) is 4.34. The number of nitrogens with one attached hydrogen (secondary N) is 1. The highest BCUT2D eigenvalue weighted by atomic mass is 19.1. The van der Waals surface area contributed by atoms with Crippen LogP contribution < -0.4 is 5.32 Å². The van der Waals surface area contributed by atoms with Gasteiger partial charge in [0.1, 0.15) is 12.4 Å². The van der Waals surface area contributed by atoms with Crippen LogP contribution in [0.5, 0.6) is 0 Å². The van der Waals surface area contributed by atoms with Crippen LogP contribution in [0.25, 0.3) is 0 Å². The van der Waals surface area contributed by atoms with Crippen molar-refractivity contribution in [3.8, 4) is 0 Å². The molecule has 1 rings (SSSR count). The molecule has 0 saturated carbocycles. The lowest BCUT2D eigenvalue weighted by atomic mass is 10.1. The van der Waals surface area contributed by atoms with Gasteiger partial charge in [0.15, 0.2) is 0 Å². The molecule has 1 saturated heterocycles. The zero-order valence-corrected chi connectivity index (χ0v) is 6.06. The fourth-order valence-electron chi connectivity index (χ4n) is 1.06. The lowest BCUT2D eigenvalue weighted by Gasteiger charge is -2.27. The highest BCUT2D eigenvalue weighted by molar-refractivity contribution is 5.03. The molecule has 2 unspecified atom stereocenters. The SMILES string of the molecule is C=C1CNC(OC)C(F)C1. The molecule has 0 amide bonds. The highest BCUT2D eigenvalue weighted by Crippen LogP contribution is 2.15. The van der Waals surface area contributed by atoms with Gasteiger partial charge < -0.3 is 4.74 Å². The maximum Gasteiger partial charge on any atom is 0.143 e. The van der Waals surface area contributed by atoms with Crippen LogP contribution in [0.15, 0.2) is 12.2 Å². The fraction of sp³-hybridized carbons (Fsp3) is 0.714. The van der Waals surface area contributed by atoms with Crippen molar-refractivity contribution in [1.82, 2.24) is 5.32 Å². The molecule has 10 heavy (non-hydrogen) atoms. The van der Waals surface area contributed by atoms with E-state index in [1.165, 1.54) is 7.11 Å². The smallest absolute Gasteiger partial charge is 0.143 e. The number of ether oxygens (including phenoxy) is 1. The van der Waals surface area contributed by atoms with E-state index in [1.54, 1.807) is 0 Å². The van der Waals surface area contributed by atoms with Crippen molar-refractivity contribution in [1.29, 1.82) is 0 Å². The van der Waals surface area contributed by atoms with E-state index < -0.39 is 12.4 Å². The highest BCUT2D eigenvalue weighted by Gasteiger charge is 2.25. The minimum Gasteiger partial charge on any atom is -0.363 e. The summed E-state index contributed by atoms with van der Waals surface area (Å²) in [6.07, 6.45) is -0.956. The largest absolute Gasteiger partial charge is 0.363 e. The van der Waals surface area contributed by atoms with Gasteiger partial charge in [-0.05, 0) is 0 Å². The van der Waals surface area contributed by atoms with Gasteiger partial charge in [0, 0.05) is 20.1 Å². The second-order valence-electron chi connectivity index (χ2n) is 2.51. The molecule has 0 aromatic rings. The Bertz CT molecular complexity index is 138. The first-order chi connectivity index (χ1) is 4.74. The first-order valence-corrected chi connectivity index (χ1v) is 3.31. The third-order valence-electron chi connectivity index (χ3n) is 1.62. The number of piperidine rings is 1. The van der Waals surface area contributed by atoms with Gasteiger partial charge >= 0.3 is 0 Å². The predicted molar refractivity (Wildman–Crippen MR) is 37.5 cm³/mol. The number of halogens is 1. The van der Waals surface area contributed by atoms with Crippen LogP contribution in [0.3, 0.4) is 0 Å². The summed E-state index contributed by atoms with van der Waals surface area (Å²) in [6, 6.07) is 0. The van der Waals surface area contributed by atoms with Gasteiger partial charge in [-0.25, -0.2) is 4.39 Å². The molecule has 0 aromatic carbocycles. The molecule has 0 bridgehead atoms. The van der Waals surface area contributed by atoms with Crippen molar-refractivity contribution < 1.29 is 9.13 Å². The Morgan fingerprint density at radius 3 is 3.00 bits per heavy atom. The van der Waals surface area contributed by atoms with Crippen LogP contribution in [0.1, 0.15) is 6.42 Å². The van der Waals surface area contributed by atoms with E-state index in [2.05, 4.69) is 11.9 Å². The van der Waals surface area contributed by atoms with E-state index in [0.717, 1.165) is 5.57 Å². The average molecular weight is 145 g/mol. The molecule has 1 N–H and O–H groups in total. The normalized spacial score (nSPS) is 34.4. The topological polar surface area (TPSA) is 21.3 Å². The van der Waals surface area contributed by atoms with E-state index in [1.807, 2.05) is 0 Å². The maximum atomic E-state index is 12.9. The molecular weight excluding hydrogens is 133 g/mol. The van der Waals surface area contributed by atoms with E-state index >= 15 is 0 Å². The van der Waals surface area contributed by atoms with E-state index in [-0.39, 0.29) is 0 Å². The lowest BCUT2D eigenvalue weighted by molar-refractivity contribution is 0.000453. The summed E-state index contributed by atoms with van der Waals surface area (Å²) in [5.74, 6) is 0. The van der Waals surface area contributed by atoms with Gasteiger partial charge in [0.05, 0.1) is 0 Å². The van der Waals surface area contributed by atoms with Gasteiger partial charge in [-0.15, -0.1) is 0 Å². The quantitative estimate of drug-likeness (QED) is 0.552. The first kappa shape index (κ1) is 7.69. The van der Waals surface area contributed by atoms with Crippen LogP contribution in [0.4, 0.5) is 4.39 Å². The van der Waals surface area contributed by atoms with Crippen molar-refractivity contribution in [2.75, 3.05) is 13.7 Å². The predicted octanol–water partition coefficient (Wildman–Crippen LogP) is 0.846. The van der Waals surface area contributed by atoms with Crippen molar-refractivity contribution in [2.24, 2.45) is 0 Å². The van der Waals surface area contributed by atoms with Crippen molar-refractivity contribution in [3.05, 3.63) is 12.2 Å². The molecular formula is C7H12FNO. The van der Waals surface area contributed by atoms with Gasteiger partial charge in [-0.3, -0.25) is 5.32 Å². The molecule has 0 spiro atoms. The number of alkyl halides is 1. The monoisotopic (exact) mass is 145 g/mol. The summed E-state index contributed by atoms with van der Waals surface area (Å²) in [5, 5.41) is 2.87. The zero-order chi connectivity index (χ0) is 7.56. The first-order valence-electron chi connectivity index (χ1n) is 3.31. The van der Waals surface area contributed by atoms with Crippen LogP contribution in [-0.4, -0.2) is 26.1 Å². The molecule has 0 aliphatic carbocycles. The Morgan fingerprint density at radius 2 is 2.50 bits per heavy atom. The van der Waals surface area contributed by atoms with E-state index in [0.29, 0.717) is 13.0 Å². The molecule has 1 aliphatic rings. The Labute approximate surface area is 60.1 Å². The minimum absolute atomic E-state index is 0.422. The lowest BCUT2D eigenvalue weighted by Crippen LogP contribution is -2.44. The van der Waals surface area contributed by atoms with Crippen molar-refractivity contribution in [3.63, 3.8) is 0 Å². The summed E-state index contributed by atoms with van der Waals surface area (Å²) in [7, 11) is 1.50. The second-order valence-corrected chi connectivity index (χ2v) is 2.51. The molecule has 1 aliphatic heterocycles. The van der Waals surface area contributed by atoms with Gasteiger partial charge in [-0.2, -0.15) is 0 Å². The summed E-state index contributed by atoms with van der Waals surface area (Å²) in [5.41, 5.74) is 0.904. The third-order valence-corrected chi connectivity index (χ3v) is 1.62. The summed E-state index contributed by atoms with van der Waals surface area (Å²) >= 11 is 0. The zero-order valence-electron chi connectivity index (χ0n) is 6.06. The van der Waals surface area contributed by atoms with Crippen LogP contribution in [-0.2, 0) is 4.74 Å². The van der Waals surface area contributed by atoms with Gasteiger partial charge in [0.25, 0.3) is 0 Å². The fourth-order valence-corrected chi connectivity index (χ4v) is 1.06. The molecule has 3 heteroatoms. The van der Waals surface area contributed by atoms with Gasteiger partial charge in [-0.1, -0.05) is 12.2 Å². The number of rotatable bonds is 1. The van der Waals surface area contributed by atoms with E-state index in [4.69, 9.17) is 4.74 Å². The molecule has 0 aromatic heterocycles.